The Morgan fingerprint density at radius 3 is 2.76 bits per heavy atom. The average molecular weight is 252 g/mol. The molecule has 0 atom stereocenters. The van der Waals surface area contributed by atoms with Crippen molar-refractivity contribution in [2.45, 2.75) is 27.3 Å². The van der Waals surface area contributed by atoms with Gasteiger partial charge in [-0.25, -0.2) is 0 Å². The Hall–Kier alpha value is -0.990. The SMILES string of the molecule is Cc1ccc(Cl)c2oc(CNCC(C)C)cc12. The Morgan fingerprint density at radius 1 is 1.35 bits per heavy atom. The van der Waals surface area contributed by atoms with Gasteiger partial charge in [0.1, 0.15) is 5.76 Å². The number of furan rings is 1. The van der Waals surface area contributed by atoms with Crippen LogP contribution in [-0.2, 0) is 6.54 Å². The molecule has 0 aliphatic carbocycles. The standard InChI is InChI=1S/C14H18ClNO/c1-9(2)7-16-8-11-6-12-10(3)4-5-13(15)14(12)17-11/h4-6,9,16H,7-8H2,1-3H3. The van der Waals surface area contributed by atoms with Crippen molar-refractivity contribution in [2.75, 3.05) is 6.54 Å². The summed E-state index contributed by atoms with van der Waals surface area (Å²) >= 11 is 6.11. The van der Waals surface area contributed by atoms with Gasteiger partial charge in [-0.15, -0.1) is 0 Å². The highest BCUT2D eigenvalue weighted by atomic mass is 35.5. The molecule has 3 heteroatoms. The minimum Gasteiger partial charge on any atom is -0.458 e. The second-order valence-corrected chi connectivity index (χ2v) is 5.25. The normalized spacial score (nSPS) is 11.6. The molecule has 1 aromatic heterocycles. The smallest absolute Gasteiger partial charge is 0.153 e. The molecular weight excluding hydrogens is 234 g/mol. The van der Waals surface area contributed by atoms with Crippen molar-refractivity contribution in [3.8, 4) is 0 Å². The van der Waals surface area contributed by atoms with E-state index < -0.39 is 0 Å². The summed E-state index contributed by atoms with van der Waals surface area (Å²) in [5.41, 5.74) is 2.00. The van der Waals surface area contributed by atoms with Crippen LogP contribution in [0.15, 0.2) is 22.6 Å². The second kappa shape index (κ2) is 5.11. The number of aryl methyl sites for hydroxylation is 1. The van der Waals surface area contributed by atoms with Crippen molar-refractivity contribution in [1.82, 2.24) is 5.32 Å². The molecule has 0 fully saturated rings. The fourth-order valence-corrected chi connectivity index (χ4v) is 2.05. The van der Waals surface area contributed by atoms with Gasteiger partial charge >= 0.3 is 0 Å². The van der Waals surface area contributed by atoms with Crippen LogP contribution in [0.25, 0.3) is 11.0 Å². The monoisotopic (exact) mass is 251 g/mol. The minimum atomic E-state index is 0.643. The molecule has 17 heavy (non-hydrogen) atoms. The Kier molecular flexibility index (Phi) is 3.75. The Labute approximate surface area is 107 Å². The van der Waals surface area contributed by atoms with Gasteiger partial charge in [0.2, 0.25) is 0 Å². The molecule has 1 heterocycles. The van der Waals surface area contributed by atoms with Gasteiger partial charge in [-0.2, -0.15) is 0 Å². The summed E-state index contributed by atoms with van der Waals surface area (Å²) in [6.07, 6.45) is 0. The van der Waals surface area contributed by atoms with E-state index in [-0.39, 0.29) is 0 Å². The molecule has 92 valence electrons. The largest absolute Gasteiger partial charge is 0.458 e. The highest BCUT2D eigenvalue weighted by molar-refractivity contribution is 6.34. The zero-order valence-corrected chi connectivity index (χ0v) is 11.3. The molecule has 1 N–H and O–H groups in total. The van der Waals surface area contributed by atoms with E-state index in [1.807, 2.05) is 12.1 Å². The van der Waals surface area contributed by atoms with Crippen LogP contribution in [0.5, 0.6) is 0 Å². The van der Waals surface area contributed by atoms with E-state index in [2.05, 4.69) is 32.2 Å². The maximum absolute atomic E-state index is 6.11. The molecule has 2 nitrogen and oxygen atoms in total. The number of nitrogens with one attached hydrogen (secondary N) is 1. The van der Waals surface area contributed by atoms with Crippen LogP contribution < -0.4 is 5.32 Å². The summed E-state index contributed by atoms with van der Waals surface area (Å²) in [7, 11) is 0. The van der Waals surface area contributed by atoms with E-state index in [0.29, 0.717) is 10.9 Å². The molecule has 0 unspecified atom stereocenters. The zero-order chi connectivity index (χ0) is 12.4. The topological polar surface area (TPSA) is 25.2 Å². The third kappa shape index (κ3) is 2.82. The molecule has 0 spiro atoms. The van der Waals surface area contributed by atoms with Gasteiger partial charge < -0.3 is 9.73 Å². The fourth-order valence-electron chi connectivity index (χ4n) is 1.85. The minimum absolute atomic E-state index is 0.643. The summed E-state index contributed by atoms with van der Waals surface area (Å²) in [6, 6.07) is 5.98. The Bertz CT molecular complexity index is 477. The van der Waals surface area contributed by atoms with E-state index in [0.717, 1.165) is 29.8 Å². The van der Waals surface area contributed by atoms with Crippen LogP contribution in [0.4, 0.5) is 0 Å². The van der Waals surface area contributed by atoms with Gasteiger partial charge in [0, 0.05) is 5.39 Å². The Balaban J connectivity index is 2.20. The number of halogens is 1. The van der Waals surface area contributed by atoms with Crippen LogP contribution in [0.3, 0.4) is 0 Å². The molecule has 0 saturated carbocycles. The third-order valence-corrected chi connectivity index (χ3v) is 3.05. The molecule has 1 aromatic carbocycles. The van der Waals surface area contributed by atoms with Crippen LogP contribution in [0, 0.1) is 12.8 Å². The summed E-state index contributed by atoms with van der Waals surface area (Å²) in [6.45, 7) is 8.19. The first-order valence-electron chi connectivity index (χ1n) is 5.96. The van der Waals surface area contributed by atoms with Gasteiger partial charge in [-0.1, -0.05) is 31.5 Å². The van der Waals surface area contributed by atoms with E-state index >= 15 is 0 Å². The van der Waals surface area contributed by atoms with Crippen LogP contribution in [0.2, 0.25) is 5.02 Å². The summed E-state index contributed by atoms with van der Waals surface area (Å²) in [5, 5.41) is 5.16. The number of benzene rings is 1. The second-order valence-electron chi connectivity index (χ2n) is 4.84. The van der Waals surface area contributed by atoms with Crippen LogP contribution in [0.1, 0.15) is 25.2 Å². The number of hydrogen-bond donors (Lipinski definition) is 1. The van der Waals surface area contributed by atoms with E-state index in [1.165, 1.54) is 5.56 Å². The van der Waals surface area contributed by atoms with Gasteiger partial charge in [-0.3, -0.25) is 0 Å². The maximum atomic E-state index is 6.11. The quantitative estimate of drug-likeness (QED) is 0.884. The van der Waals surface area contributed by atoms with Crippen LogP contribution in [-0.4, -0.2) is 6.54 Å². The van der Waals surface area contributed by atoms with Gasteiger partial charge in [0.05, 0.1) is 11.6 Å². The first-order valence-corrected chi connectivity index (χ1v) is 6.34. The van der Waals surface area contributed by atoms with Gasteiger partial charge in [0.15, 0.2) is 5.58 Å². The molecule has 0 radical (unpaired) electrons. The van der Waals surface area contributed by atoms with Gasteiger partial charge in [-0.05, 0) is 37.1 Å². The Morgan fingerprint density at radius 2 is 2.12 bits per heavy atom. The molecular formula is C14H18ClNO. The lowest BCUT2D eigenvalue weighted by molar-refractivity contribution is 0.485. The molecule has 0 bridgehead atoms. The summed E-state index contributed by atoms with van der Waals surface area (Å²) < 4.78 is 5.77. The highest BCUT2D eigenvalue weighted by Gasteiger charge is 2.09. The molecule has 0 aliphatic rings. The predicted octanol–water partition coefficient (Wildman–Crippen LogP) is 4.14. The van der Waals surface area contributed by atoms with Crippen LogP contribution >= 0.6 is 11.6 Å². The molecule has 2 aromatic rings. The zero-order valence-electron chi connectivity index (χ0n) is 10.5. The number of hydrogen-bond acceptors (Lipinski definition) is 2. The van der Waals surface area contributed by atoms with E-state index in [9.17, 15) is 0 Å². The lowest BCUT2D eigenvalue weighted by Crippen LogP contribution is -2.18. The van der Waals surface area contributed by atoms with Crippen molar-refractivity contribution in [3.63, 3.8) is 0 Å². The van der Waals surface area contributed by atoms with Crippen molar-refractivity contribution in [3.05, 3.63) is 34.5 Å². The van der Waals surface area contributed by atoms with Crippen molar-refractivity contribution >= 4 is 22.6 Å². The maximum Gasteiger partial charge on any atom is 0.153 e. The van der Waals surface area contributed by atoms with Gasteiger partial charge in [0.25, 0.3) is 0 Å². The molecule has 0 aliphatic heterocycles. The fraction of sp³-hybridized carbons (Fsp3) is 0.429. The first-order chi connectivity index (χ1) is 8.08. The predicted molar refractivity (Wildman–Crippen MR) is 72.5 cm³/mol. The average Bonchev–Trinajstić information content (AvgIpc) is 2.68. The molecule has 0 amide bonds. The third-order valence-electron chi connectivity index (χ3n) is 2.76. The lowest BCUT2D eigenvalue weighted by atomic mass is 10.1. The highest BCUT2D eigenvalue weighted by Crippen LogP contribution is 2.29. The van der Waals surface area contributed by atoms with Crippen molar-refractivity contribution in [2.24, 2.45) is 5.92 Å². The molecule has 0 saturated heterocycles. The lowest BCUT2D eigenvalue weighted by Gasteiger charge is -2.04. The molecule has 2 rings (SSSR count). The summed E-state index contributed by atoms with van der Waals surface area (Å²) in [4.78, 5) is 0. The summed E-state index contributed by atoms with van der Waals surface area (Å²) in [5.74, 6) is 1.58. The number of rotatable bonds is 4. The van der Waals surface area contributed by atoms with Crippen molar-refractivity contribution in [1.29, 1.82) is 0 Å². The van der Waals surface area contributed by atoms with Crippen molar-refractivity contribution < 1.29 is 4.42 Å². The first kappa shape index (κ1) is 12.5. The number of fused-ring (bicyclic) bond motifs is 1. The van der Waals surface area contributed by atoms with E-state index in [1.54, 1.807) is 0 Å². The van der Waals surface area contributed by atoms with E-state index in [4.69, 9.17) is 16.0 Å².